The number of hydrogen-bond donors (Lipinski definition) is 1. The molecule has 1 aromatic rings. The van der Waals surface area contributed by atoms with Crippen molar-refractivity contribution in [2.45, 2.75) is 53.1 Å². The minimum absolute atomic E-state index is 0.163. The first-order chi connectivity index (χ1) is 10.0. The number of rotatable bonds is 10. The molecule has 0 aromatic carbocycles. The summed E-state index contributed by atoms with van der Waals surface area (Å²) in [5.74, 6) is 0. The Morgan fingerprint density at radius 3 is 2.24 bits per heavy atom. The summed E-state index contributed by atoms with van der Waals surface area (Å²) in [6.07, 6.45) is 1.21. The Bertz CT molecular complexity index is 385. The predicted octanol–water partition coefficient (Wildman–Crippen LogP) is 3.50. The number of hydrogen-bond acceptors (Lipinski definition) is 4. The van der Waals surface area contributed by atoms with Crippen LogP contribution in [0.4, 0.5) is 0 Å². The quantitative estimate of drug-likeness (QED) is 0.718. The molecule has 0 saturated heterocycles. The number of nitrogens with two attached hydrogens (primary N) is 1. The summed E-state index contributed by atoms with van der Waals surface area (Å²) in [5.41, 5.74) is 7.69. The van der Waals surface area contributed by atoms with Crippen molar-refractivity contribution in [1.29, 1.82) is 0 Å². The molecule has 0 amide bonds. The highest BCUT2D eigenvalue weighted by atomic mass is 32.1. The van der Waals surface area contributed by atoms with E-state index in [0.717, 1.165) is 26.2 Å². The van der Waals surface area contributed by atoms with Crippen molar-refractivity contribution in [3.63, 3.8) is 0 Å². The lowest BCUT2D eigenvalue weighted by molar-refractivity contribution is 0.174. The van der Waals surface area contributed by atoms with Crippen LogP contribution in [-0.2, 0) is 0 Å². The molecule has 2 N–H and O–H groups in total. The van der Waals surface area contributed by atoms with Crippen LogP contribution in [0.1, 0.15) is 50.6 Å². The van der Waals surface area contributed by atoms with Crippen molar-refractivity contribution < 1.29 is 0 Å². The third kappa shape index (κ3) is 5.37. The second-order valence-electron chi connectivity index (χ2n) is 5.78. The van der Waals surface area contributed by atoms with Gasteiger partial charge in [0.15, 0.2) is 0 Å². The molecular formula is C17H33N3S. The topological polar surface area (TPSA) is 32.5 Å². The maximum absolute atomic E-state index is 6.31. The standard InChI is InChI=1S/C17H33N3S/c1-6-19(7-2)11-9-12-20(8-3)16(15(5)18)17-14(4)10-13-21-17/h10,13,15-16H,6-9,11-12,18H2,1-5H3. The molecule has 0 bridgehead atoms. The molecule has 0 saturated carbocycles. The lowest BCUT2D eigenvalue weighted by Crippen LogP contribution is -2.40. The molecule has 1 aromatic heterocycles. The molecule has 0 aliphatic heterocycles. The largest absolute Gasteiger partial charge is 0.326 e. The molecule has 0 fully saturated rings. The van der Waals surface area contributed by atoms with Crippen molar-refractivity contribution in [1.82, 2.24) is 9.80 Å². The zero-order valence-corrected chi connectivity index (χ0v) is 15.2. The normalized spacial score (nSPS) is 14.9. The fourth-order valence-electron chi connectivity index (χ4n) is 2.96. The van der Waals surface area contributed by atoms with Crippen LogP contribution in [0.15, 0.2) is 11.4 Å². The van der Waals surface area contributed by atoms with Crippen LogP contribution in [0, 0.1) is 6.92 Å². The summed E-state index contributed by atoms with van der Waals surface area (Å²) in [7, 11) is 0. The zero-order chi connectivity index (χ0) is 15.8. The molecule has 3 nitrogen and oxygen atoms in total. The van der Waals surface area contributed by atoms with E-state index in [1.54, 1.807) is 0 Å². The smallest absolute Gasteiger partial charge is 0.0593 e. The molecular weight excluding hydrogens is 278 g/mol. The molecule has 0 radical (unpaired) electrons. The average molecular weight is 312 g/mol. The van der Waals surface area contributed by atoms with Crippen LogP contribution in [0.3, 0.4) is 0 Å². The van der Waals surface area contributed by atoms with Crippen molar-refractivity contribution in [2.75, 3.05) is 32.7 Å². The number of likely N-dealkylation sites (N-methyl/N-ethyl adjacent to an activating group) is 1. The van der Waals surface area contributed by atoms with E-state index >= 15 is 0 Å². The van der Waals surface area contributed by atoms with Gasteiger partial charge >= 0.3 is 0 Å². The second kappa shape index (κ2) is 9.57. The summed E-state index contributed by atoms with van der Waals surface area (Å²) in [6, 6.07) is 2.72. The van der Waals surface area contributed by atoms with E-state index in [2.05, 4.69) is 55.9 Å². The van der Waals surface area contributed by atoms with Gasteiger partial charge in [-0.2, -0.15) is 0 Å². The van der Waals surface area contributed by atoms with Gasteiger partial charge in [0.05, 0.1) is 6.04 Å². The van der Waals surface area contributed by atoms with E-state index < -0.39 is 0 Å². The summed E-state index contributed by atoms with van der Waals surface area (Å²) in [5, 5.41) is 2.18. The Morgan fingerprint density at radius 1 is 1.14 bits per heavy atom. The van der Waals surface area contributed by atoms with E-state index in [0.29, 0.717) is 6.04 Å². The van der Waals surface area contributed by atoms with Crippen molar-refractivity contribution in [2.24, 2.45) is 5.73 Å². The predicted molar refractivity (Wildman–Crippen MR) is 95.1 cm³/mol. The van der Waals surface area contributed by atoms with E-state index in [-0.39, 0.29) is 6.04 Å². The number of nitrogens with zero attached hydrogens (tertiary/aromatic N) is 2. The summed E-state index contributed by atoms with van der Waals surface area (Å²) >= 11 is 1.85. The first-order valence-electron chi connectivity index (χ1n) is 8.31. The highest BCUT2D eigenvalue weighted by Gasteiger charge is 2.25. The third-order valence-corrected chi connectivity index (χ3v) is 5.37. The van der Waals surface area contributed by atoms with Gasteiger partial charge in [0, 0.05) is 17.5 Å². The van der Waals surface area contributed by atoms with Gasteiger partial charge in [-0.3, -0.25) is 4.90 Å². The van der Waals surface area contributed by atoms with Gasteiger partial charge < -0.3 is 10.6 Å². The van der Waals surface area contributed by atoms with E-state index in [4.69, 9.17) is 5.73 Å². The lowest BCUT2D eigenvalue weighted by atomic mass is 10.0. The molecule has 2 atom stereocenters. The maximum atomic E-state index is 6.31. The molecule has 0 aliphatic rings. The van der Waals surface area contributed by atoms with Gasteiger partial charge in [-0.15, -0.1) is 11.3 Å². The summed E-state index contributed by atoms with van der Waals surface area (Å²) in [6.45, 7) is 16.7. The summed E-state index contributed by atoms with van der Waals surface area (Å²) < 4.78 is 0. The van der Waals surface area contributed by atoms with Crippen LogP contribution < -0.4 is 5.73 Å². The lowest BCUT2D eigenvalue weighted by Gasteiger charge is -2.34. The molecule has 1 heterocycles. The fourth-order valence-corrected chi connectivity index (χ4v) is 4.13. The van der Waals surface area contributed by atoms with Gasteiger partial charge in [-0.1, -0.05) is 20.8 Å². The van der Waals surface area contributed by atoms with Crippen LogP contribution in [0.2, 0.25) is 0 Å². The molecule has 0 spiro atoms. The summed E-state index contributed by atoms with van der Waals surface area (Å²) in [4.78, 5) is 6.48. The molecule has 122 valence electrons. The van der Waals surface area contributed by atoms with Gasteiger partial charge in [0.25, 0.3) is 0 Å². The van der Waals surface area contributed by atoms with E-state index in [1.807, 2.05) is 11.3 Å². The van der Waals surface area contributed by atoms with Gasteiger partial charge in [0.2, 0.25) is 0 Å². The van der Waals surface area contributed by atoms with Crippen LogP contribution >= 0.6 is 11.3 Å². The molecule has 0 aliphatic carbocycles. The fraction of sp³-hybridized carbons (Fsp3) is 0.765. The van der Waals surface area contributed by atoms with Gasteiger partial charge in [-0.25, -0.2) is 0 Å². The number of thiophene rings is 1. The Balaban J connectivity index is 2.69. The van der Waals surface area contributed by atoms with Gasteiger partial charge in [-0.05, 0) is 63.5 Å². The molecule has 21 heavy (non-hydrogen) atoms. The van der Waals surface area contributed by atoms with Crippen LogP contribution in [0.5, 0.6) is 0 Å². The highest BCUT2D eigenvalue weighted by Crippen LogP contribution is 2.30. The first kappa shape index (κ1) is 18.6. The first-order valence-corrected chi connectivity index (χ1v) is 9.18. The zero-order valence-electron chi connectivity index (χ0n) is 14.4. The third-order valence-electron chi connectivity index (χ3n) is 4.28. The van der Waals surface area contributed by atoms with Crippen LogP contribution in [-0.4, -0.2) is 48.6 Å². The minimum atomic E-state index is 0.163. The van der Waals surface area contributed by atoms with Crippen molar-refractivity contribution >= 4 is 11.3 Å². The maximum Gasteiger partial charge on any atom is 0.0593 e. The average Bonchev–Trinajstić information content (AvgIpc) is 2.87. The Kier molecular flexibility index (Phi) is 8.49. The van der Waals surface area contributed by atoms with E-state index in [1.165, 1.54) is 23.4 Å². The highest BCUT2D eigenvalue weighted by molar-refractivity contribution is 7.10. The number of aryl methyl sites for hydroxylation is 1. The van der Waals surface area contributed by atoms with Crippen LogP contribution in [0.25, 0.3) is 0 Å². The minimum Gasteiger partial charge on any atom is -0.326 e. The molecule has 1 rings (SSSR count). The van der Waals surface area contributed by atoms with Crippen molar-refractivity contribution in [3.05, 3.63) is 21.9 Å². The van der Waals surface area contributed by atoms with E-state index in [9.17, 15) is 0 Å². The molecule has 4 heteroatoms. The van der Waals surface area contributed by atoms with Gasteiger partial charge in [0.1, 0.15) is 0 Å². The molecule has 2 unspecified atom stereocenters. The Morgan fingerprint density at radius 2 is 1.81 bits per heavy atom. The Labute approximate surface area is 135 Å². The monoisotopic (exact) mass is 311 g/mol. The van der Waals surface area contributed by atoms with Crippen molar-refractivity contribution in [3.8, 4) is 0 Å². The SMILES string of the molecule is CCN(CC)CCCN(CC)C(c1sccc1C)C(C)N. The Hall–Kier alpha value is -0.420. The second-order valence-corrected chi connectivity index (χ2v) is 6.73.